The molecule has 1 atom stereocenters. The SMILES string of the molecule is CC1(CC(N(C(=O)C(F)(F)S(=O)(=O)O)C23CC4CC(CC(C4)C2)C3)C(F)(F)F)OCCCO1. The molecule has 4 aliphatic carbocycles. The minimum Gasteiger partial charge on any atom is -0.350 e. The molecule has 190 valence electrons. The number of rotatable bonds is 6. The van der Waals surface area contributed by atoms with Gasteiger partial charge in [-0.2, -0.15) is 30.4 Å². The van der Waals surface area contributed by atoms with E-state index in [2.05, 4.69) is 0 Å². The van der Waals surface area contributed by atoms with Gasteiger partial charge in [-0.3, -0.25) is 9.35 Å². The number of hydrogen-bond donors (Lipinski definition) is 1. The topological polar surface area (TPSA) is 93.1 Å². The van der Waals surface area contributed by atoms with E-state index in [1.165, 1.54) is 6.92 Å². The van der Waals surface area contributed by atoms with Gasteiger partial charge in [0.2, 0.25) is 0 Å². The summed E-state index contributed by atoms with van der Waals surface area (Å²) < 4.78 is 115. The lowest BCUT2D eigenvalue weighted by molar-refractivity contribution is -0.291. The van der Waals surface area contributed by atoms with Crippen molar-refractivity contribution in [3.8, 4) is 0 Å². The molecule has 0 radical (unpaired) electrons. The Hall–Kier alpha value is -1.05. The molecule has 7 nitrogen and oxygen atoms in total. The molecule has 5 rings (SSSR count). The summed E-state index contributed by atoms with van der Waals surface area (Å²) in [6.45, 7) is 1.43. The second kappa shape index (κ2) is 7.99. The van der Waals surface area contributed by atoms with E-state index < -0.39 is 51.2 Å². The molecule has 1 heterocycles. The summed E-state index contributed by atoms with van der Waals surface area (Å²) in [5, 5.41) is -5.42. The first-order valence-corrected chi connectivity index (χ1v) is 12.5. The first kappa shape index (κ1) is 25.1. The van der Waals surface area contributed by atoms with Gasteiger partial charge in [0.1, 0.15) is 6.04 Å². The van der Waals surface area contributed by atoms with Gasteiger partial charge >= 0.3 is 27.5 Å². The third-order valence-corrected chi connectivity index (χ3v) is 8.49. The van der Waals surface area contributed by atoms with Gasteiger partial charge in [-0.05, 0) is 69.6 Å². The Bertz CT molecular complexity index is 851. The largest absolute Gasteiger partial charge is 0.446 e. The standard InChI is InChI=1S/C20H28F5NO6S/c1-17(31-3-2-4-32-17)11-15(19(21,22)23)26(16(27)20(24,25)33(28,29)30)18-8-12-5-13(9-18)7-14(6-12)10-18/h12-15H,2-11H2,1H3,(H,28,29,30). The monoisotopic (exact) mass is 505 g/mol. The Morgan fingerprint density at radius 1 is 1.03 bits per heavy atom. The highest BCUT2D eigenvalue weighted by Gasteiger charge is 2.66. The van der Waals surface area contributed by atoms with Crippen molar-refractivity contribution in [2.45, 2.75) is 87.1 Å². The van der Waals surface area contributed by atoms with Gasteiger partial charge < -0.3 is 14.4 Å². The molecule has 0 aromatic carbocycles. The maximum atomic E-state index is 14.6. The molecule has 4 saturated carbocycles. The molecular formula is C20H28F5NO6S. The Balaban J connectivity index is 1.81. The molecular weight excluding hydrogens is 477 g/mol. The molecule has 4 bridgehead atoms. The molecule has 1 aliphatic heterocycles. The fraction of sp³-hybridized carbons (Fsp3) is 0.950. The fourth-order valence-electron chi connectivity index (χ4n) is 6.80. The predicted molar refractivity (Wildman–Crippen MR) is 104 cm³/mol. The molecule has 5 aliphatic rings. The lowest BCUT2D eigenvalue weighted by Gasteiger charge is -2.62. The van der Waals surface area contributed by atoms with Crippen molar-refractivity contribution in [2.24, 2.45) is 17.8 Å². The highest BCUT2D eigenvalue weighted by Crippen LogP contribution is 2.59. The van der Waals surface area contributed by atoms with E-state index in [4.69, 9.17) is 14.0 Å². The normalized spacial score (nSPS) is 34.8. The average Bonchev–Trinajstić information content (AvgIpc) is 2.65. The van der Waals surface area contributed by atoms with Crippen molar-refractivity contribution >= 4 is 16.0 Å². The third-order valence-electron chi connectivity index (χ3n) is 7.67. The Morgan fingerprint density at radius 2 is 1.48 bits per heavy atom. The van der Waals surface area contributed by atoms with E-state index in [-0.39, 0.29) is 55.1 Å². The Kier molecular flexibility index (Phi) is 6.07. The molecule has 5 fully saturated rings. The number of alkyl halides is 5. The van der Waals surface area contributed by atoms with Crippen LogP contribution < -0.4 is 0 Å². The van der Waals surface area contributed by atoms with E-state index in [1.54, 1.807) is 0 Å². The summed E-state index contributed by atoms with van der Waals surface area (Å²) in [4.78, 5) is 13.1. The maximum absolute atomic E-state index is 14.6. The number of carbonyl (C=O) groups excluding carboxylic acids is 1. The van der Waals surface area contributed by atoms with Gasteiger partial charge in [0.25, 0.3) is 0 Å². The van der Waals surface area contributed by atoms with Crippen molar-refractivity contribution in [1.29, 1.82) is 0 Å². The fourth-order valence-corrected chi connectivity index (χ4v) is 7.12. The molecule has 13 heteroatoms. The first-order chi connectivity index (χ1) is 15.1. The van der Waals surface area contributed by atoms with E-state index in [0.29, 0.717) is 6.42 Å². The van der Waals surface area contributed by atoms with Gasteiger partial charge in [-0.25, -0.2) is 0 Å². The number of halogens is 5. The number of nitrogens with zero attached hydrogens (tertiary/aromatic N) is 1. The quantitative estimate of drug-likeness (QED) is 0.437. The van der Waals surface area contributed by atoms with E-state index >= 15 is 0 Å². The third kappa shape index (κ3) is 4.50. The molecule has 0 aromatic heterocycles. The van der Waals surface area contributed by atoms with Crippen LogP contribution in [-0.2, 0) is 24.4 Å². The minimum atomic E-state index is -6.30. The summed E-state index contributed by atoms with van der Waals surface area (Å²) in [5.41, 5.74) is -1.58. The van der Waals surface area contributed by atoms with Crippen molar-refractivity contribution in [3.63, 3.8) is 0 Å². The zero-order chi connectivity index (χ0) is 24.4. The zero-order valence-electron chi connectivity index (χ0n) is 18.1. The number of ether oxygens (including phenoxy) is 2. The van der Waals surface area contributed by atoms with Gasteiger partial charge in [0.05, 0.1) is 13.2 Å². The van der Waals surface area contributed by atoms with Crippen LogP contribution in [0, 0.1) is 17.8 Å². The number of carbonyl (C=O) groups is 1. The average molecular weight is 506 g/mol. The van der Waals surface area contributed by atoms with Crippen LogP contribution in [0.1, 0.15) is 58.3 Å². The maximum Gasteiger partial charge on any atom is 0.446 e. The van der Waals surface area contributed by atoms with Crippen LogP contribution in [0.15, 0.2) is 0 Å². The molecule has 0 spiro atoms. The van der Waals surface area contributed by atoms with E-state index in [0.717, 1.165) is 19.3 Å². The smallest absolute Gasteiger partial charge is 0.350 e. The second-order valence-electron chi connectivity index (χ2n) is 10.3. The Morgan fingerprint density at radius 3 is 1.88 bits per heavy atom. The van der Waals surface area contributed by atoms with Crippen LogP contribution in [0.5, 0.6) is 0 Å². The summed E-state index contributed by atoms with van der Waals surface area (Å²) in [7, 11) is -6.30. The van der Waals surface area contributed by atoms with Crippen LogP contribution in [0.2, 0.25) is 0 Å². The lowest BCUT2D eigenvalue weighted by Crippen LogP contribution is -2.70. The first-order valence-electron chi connectivity index (χ1n) is 11.1. The molecule has 1 unspecified atom stereocenters. The van der Waals surface area contributed by atoms with Crippen molar-refractivity contribution in [1.82, 2.24) is 4.90 Å². The lowest BCUT2D eigenvalue weighted by atomic mass is 9.52. The van der Waals surface area contributed by atoms with Crippen LogP contribution in [0.4, 0.5) is 22.0 Å². The van der Waals surface area contributed by atoms with Crippen molar-refractivity contribution in [3.05, 3.63) is 0 Å². The summed E-state index contributed by atoms with van der Waals surface area (Å²) >= 11 is 0. The minimum absolute atomic E-state index is 0.0300. The van der Waals surface area contributed by atoms with Gasteiger partial charge in [0.15, 0.2) is 5.79 Å². The highest BCUT2D eigenvalue weighted by atomic mass is 32.2. The van der Waals surface area contributed by atoms with Crippen LogP contribution in [0.25, 0.3) is 0 Å². The van der Waals surface area contributed by atoms with Gasteiger partial charge in [0, 0.05) is 12.0 Å². The molecule has 1 amide bonds. The van der Waals surface area contributed by atoms with Gasteiger partial charge in [-0.1, -0.05) is 0 Å². The molecule has 1 N–H and O–H groups in total. The van der Waals surface area contributed by atoms with Crippen LogP contribution in [-0.4, -0.2) is 65.8 Å². The number of amides is 1. The van der Waals surface area contributed by atoms with Crippen molar-refractivity contribution in [2.75, 3.05) is 13.2 Å². The van der Waals surface area contributed by atoms with Crippen molar-refractivity contribution < 1.29 is 49.2 Å². The summed E-state index contributed by atoms with van der Waals surface area (Å²) in [5.74, 6) is -4.44. The molecule has 1 saturated heterocycles. The predicted octanol–water partition coefficient (Wildman–Crippen LogP) is 3.74. The highest BCUT2D eigenvalue weighted by molar-refractivity contribution is 7.87. The van der Waals surface area contributed by atoms with E-state index in [9.17, 15) is 35.2 Å². The molecule has 0 aromatic rings. The molecule has 33 heavy (non-hydrogen) atoms. The zero-order valence-corrected chi connectivity index (χ0v) is 18.9. The van der Waals surface area contributed by atoms with Gasteiger partial charge in [-0.15, -0.1) is 0 Å². The summed E-state index contributed by atoms with van der Waals surface area (Å²) in [6.07, 6.45) is -3.26. The Labute approximate surface area is 188 Å². The number of hydrogen-bond acceptors (Lipinski definition) is 5. The van der Waals surface area contributed by atoms with E-state index in [1.807, 2.05) is 0 Å². The van der Waals surface area contributed by atoms with Crippen LogP contribution in [0.3, 0.4) is 0 Å². The second-order valence-corrected chi connectivity index (χ2v) is 11.7. The van der Waals surface area contributed by atoms with Crippen LogP contribution >= 0.6 is 0 Å². The summed E-state index contributed by atoms with van der Waals surface area (Å²) in [6, 6.07) is -2.78.